The molecular weight excluding hydrogens is 359 g/mol. The highest BCUT2D eigenvalue weighted by molar-refractivity contribution is 5.80. The summed E-state index contributed by atoms with van der Waals surface area (Å²) in [6.45, 7) is 7.48. The summed E-state index contributed by atoms with van der Waals surface area (Å²) in [5.74, 6) is -0.125. The van der Waals surface area contributed by atoms with Crippen LogP contribution in [0.4, 0.5) is 4.39 Å². The summed E-state index contributed by atoms with van der Waals surface area (Å²) in [5.41, 5.74) is 1.75. The molecule has 2 amide bonds. The lowest BCUT2D eigenvalue weighted by Crippen LogP contribution is -2.47. The third-order valence-electron chi connectivity index (χ3n) is 5.18. The largest absolute Gasteiger partial charge is 0.338 e. The van der Waals surface area contributed by atoms with Crippen LogP contribution >= 0.6 is 0 Å². The van der Waals surface area contributed by atoms with Gasteiger partial charge in [0.1, 0.15) is 12.4 Å². The molecule has 3 rings (SSSR count). The lowest BCUT2D eigenvalue weighted by molar-refractivity contribution is -0.134. The van der Waals surface area contributed by atoms with E-state index in [-0.39, 0.29) is 42.6 Å². The number of halogens is 1. The van der Waals surface area contributed by atoms with Crippen LogP contribution in [-0.2, 0) is 22.7 Å². The van der Waals surface area contributed by atoms with Crippen LogP contribution in [0.15, 0.2) is 36.5 Å². The van der Waals surface area contributed by atoms with Gasteiger partial charge in [0, 0.05) is 32.3 Å². The van der Waals surface area contributed by atoms with Gasteiger partial charge < -0.3 is 9.80 Å². The van der Waals surface area contributed by atoms with Crippen LogP contribution in [0, 0.1) is 18.7 Å². The maximum Gasteiger partial charge on any atom is 0.244 e. The monoisotopic (exact) mass is 386 g/mol. The molecule has 2 aromatic rings. The van der Waals surface area contributed by atoms with Crippen LogP contribution < -0.4 is 0 Å². The normalized spacial score (nSPS) is 17.9. The Hall–Kier alpha value is -2.70. The summed E-state index contributed by atoms with van der Waals surface area (Å²) in [7, 11) is 0. The number of aromatic nitrogens is 2. The van der Waals surface area contributed by atoms with Crippen molar-refractivity contribution >= 4 is 11.8 Å². The zero-order chi connectivity index (χ0) is 20.3. The van der Waals surface area contributed by atoms with Crippen LogP contribution in [0.2, 0.25) is 0 Å². The van der Waals surface area contributed by atoms with Gasteiger partial charge in [0.15, 0.2) is 0 Å². The average Bonchev–Trinajstić information content (AvgIpc) is 2.97. The summed E-state index contributed by atoms with van der Waals surface area (Å²) in [6, 6.07) is 7.99. The standard InChI is InChI=1S/C21H27FN4O2/c1-15(2)19-13-24(21(28)14-25-11-8-16(3)23-25)10-9-20(27)26(19)12-17-4-6-18(22)7-5-17/h4-8,11,15,19H,9-10,12-14H2,1-3H3/t19-/m0/s1. The highest BCUT2D eigenvalue weighted by Crippen LogP contribution is 2.21. The van der Waals surface area contributed by atoms with E-state index < -0.39 is 0 Å². The minimum atomic E-state index is -0.294. The van der Waals surface area contributed by atoms with E-state index in [1.807, 2.05) is 17.9 Å². The highest BCUT2D eigenvalue weighted by Gasteiger charge is 2.33. The predicted octanol–water partition coefficient (Wildman–Crippen LogP) is 2.62. The van der Waals surface area contributed by atoms with Gasteiger partial charge in [-0.2, -0.15) is 5.10 Å². The van der Waals surface area contributed by atoms with Crippen LogP contribution in [0.25, 0.3) is 0 Å². The molecule has 1 aliphatic heterocycles. The lowest BCUT2D eigenvalue weighted by Gasteiger charge is -2.34. The maximum atomic E-state index is 13.2. The van der Waals surface area contributed by atoms with Gasteiger partial charge in [0.2, 0.25) is 11.8 Å². The van der Waals surface area contributed by atoms with Gasteiger partial charge in [0.25, 0.3) is 0 Å². The van der Waals surface area contributed by atoms with Gasteiger partial charge >= 0.3 is 0 Å². The lowest BCUT2D eigenvalue weighted by atomic mass is 10.0. The summed E-state index contributed by atoms with van der Waals surface area (Å²) in [4.78, 5) is 29.2. The van der Waals surface area contributed by atoms with Gasteiger partial charge in [-0.05, 0) is 36.6 Å². The molecule has 1 atom stereocenters. The number of carbonyl (C=O) groups excluding carboxylic acids is 2. The molecule has 7 heteroatoms. The zero-order valence-electron chi connectivity index (χ0n) is 16.6. The van der Waals surface area contributed by atoms with Gasteiger partial charge in [-0.15, -0.1) is 0 Å². The van der Waals surface area contributed by atoms with Gasteiger partial charge in [-0.1, -0.05) is 26.0 Å². The molecule has 28 heavy (non-hydrogen) atoms. The molecule has 0 aliphatic carbocycles. The first-order chi connectivity index (χ1) is 13.3. The molecular formula is C21H27FN4O2. The van der Waals surface area contributed by atoms with Crippen LogP contribution in [0.5, 0.6) is 0 Å². The van der Waals surface area contributed by atoms with Crippen molar-refractivity contribution in [3.8, 4) is 0 Å². The molecule has 1 aliphatic rings. The topological polar surface area (TPSA) is 58.4 Å². The Balaban J connectivity index is 1.75. The van der Waals surface area contributed by atoms with E-state index in [9.17, 15) is 14.0 Å². The van der Waals surface area contributed by atoms with E-state index in [0.29, 0.717) is 19.6 Å². The van der Waals surface area contributed by atoms with Crippen molar-refractivity contribution in [1.82, 2.24) is 19.6 Å². The summed E-state index contributed by atoms with van der Waals surface area (Å²) in [5, 5.41) is 4.28. The van der Waals surface area contributed by atoms with Crippen molar-refractivity contribution in [3.63, 3.8) is 0 Å². The Morgan fingerprint density at radius 2 is 1.96 bits per heavy atom. The molecule has 1 fully saturated rings. The first kappa shape index (κ1) is 20.0. The average molecular weight is 386 g/mol. The van der Waals surface area contributed by atoms with E-state index >= 15 is 0 Å². The molecule has 1 saturated heterocycles. The van der Waals surface area contributed by atoms with Crippen molar-refractivity contribution < 1.29 is 14.0 Å². The molecule has 6 nitrogen and oxygen atoms in total. The second kappa shape index (κ2) is 8.54. The third kappa shape index (κ3) is 4.77. The fourth-order valence-electron chi connectivity index (χ4n) is 3.55. The fraction of sp³-hybridized carbons (Fsp3) is 0.476. The molecule has 0 unspecified atom stereocenters. The first-order valence-corrected chi connectivity index (χ1v) is 9.65. The van der Waals surface area contributed by atoms with Crippen LogP contribution in [0.1, 0.15) is 31.5 Å². The van der Waals surface area contributed by atoms with E-state index in [1.165, 1.54) is 12.1 Å². The minimum absolute atomic E-state index is 0.0215. The molecule has 0 spiro atoms. The van der Waals surface area contributed by atoms with Crippen molar-refractivity contribution in [1.29, 1.82) is 0 Å². The van der Waals surface area contributed by atoms with E-state index in [4.69, 9.17) is 0 Å². The number of hydrogen-bond donors (Lipinski definition) is 0. The highest BCUT2D eigenvalue weighted by atomic mass is 19.1. The quantitative estimate of drug-likeness (QED) is 0.794. The number of nitrogens with zero attached hydrogens (tertiary/aromatic N) is 4. The SMILES string of the molecule is Cc1ccn(CC(=O)N2CCC(=O)N(Cc3ccc(F)cc3)[C@H](C(C)C)C2)n1. The van der Waals surface area contributed by atoms with Crippen molar-refractivity contribution in [3.05, 3.63) is 53.6 Å². The van der Waals surface area contributed by atoms with Gasteiger partial charge in [-0.3, -0.25) is 14.3 Å². The molecule has 2 heterocycles. The zero-order valence-corrected chi connectivity index (χ0v) is 16.6. The summed E-state index contributed by atoms with van der Waals surface area (Å²) < 4.78 is 14.8. The molecule has 1 aromatic heterocycles. The molecule has 150 valence electrons. The summed E-state index contributed by atoms with van der Waals surface area (Å²) >= 11 is 0. The Morgan fingerprint density at radius 3 is 2.57 bits per heavy atom. The van der Waals surface area contributed by atoms with Gasteiger partial charge in [-0.25, -0.2) is 4.39 Å². The van der Waals surface area contributed by atoms with E-state index in [2.05, 4.69) is 18.9 Å². The first-order valence-electron chi connectivity index (χ1n) is 9.65. The fourth-order valence-corrected chi connectivity index (χ4v) is 3.55. The second-order valence-electron chi connectivity index (χ2n) is 7.70. The molecule has 1 aromatic carbocycles. The van der Waals surface area contributed by atoms with Crippen LogP contribution in [0.3, 0.4) is 0 Å². The summed E-state index contributed by atoms with van der Waals surface area (Å²) in [6.07, 6.45) is 2.07. The predicted molar refractivity (Wildman–Crippen MR) is 104 cm³/mol. The van der Waals surface area contributed by atoms with Gasteiger partial charge in [0.05, 0.1) is 11.7 Å². The molecule has 0 saturated carbocycles. The van der Waals surface area contributed by atoms with Crippen LogP contribution in [-0.4, -0.2) is 50.5 Å². The third-order valence-corrected chi connectivity index (χ3v) is 5.18. The maximum absolute atomic E-state index is 13.2. The Labute approximate surface area is 164 Å². The smallest absolute Gasteiger partial charge is 0.244 e. The number of carbonyl (C=O) groups is 2. The molecule has 0 radical (unpaired) electrons. The Morgan fingerprint density at radius 1 is 1.25 bits per heavy atom. The number of hydrogen-bond acceptors (Lipinski definition) is 3. The number of amides is 2. The Bertz CT molecular complexity index is 831. The number of aryl methyl sites for hydroxylation is 1. The number of benzene rings is 1. The number of rotatable bonds is 5. The van der Waals surface area contributed by atoms with E-state index in [0.717, 1.165) is 11.3 Å². The van der Waals surface area contributed by atoms with Crippen molar-refractivity contribution in [2.24, 2.45) is 5.92 Å². The minimum Gasteiger partial charge on any atom is -0.338 e. The van der Waals surface area contributed by atoms with Crippen molar-refractivity contribution in [2.75, 3.05) is 13.1 Å². The molecule has 0 N–H and O–H groups in total. The van der Waals surface area contributed by atoms with E-state index in [1.54, 1.807) is 27.9 Å². The molecule has 0 bridgehead atoms. The second-order valence-corrected chi connectivity index (χ2v) is 7.70. The Kier molecular flexibility index (Phi) is 6.11. The van der Waals surface area contributed by atoms with Crippen molar-refractivity contribution in [2.45, 2.75) is 46.3 Å².